The van der Waals surface area contributed by atoms with Gasteiger partial charge in [-0.1, -0.05) is 35.9 Å². The first-order valence-corrected chi connectivity index (χ1v) is 9.00. The highest BCUT2D eigenvalue weighted by molar-refractivity contribution is 7.93. The molecule has 5 nitrogen and oxygen atoms in total. The van der Waals surface area contributed by atoms with Crippen LogP contribution in [-0.2, 0) is 10.0 Å². The van der Waals surface area contributed by atoms with Crippen LogP contribution in [0, 0.1) is 0 Å². The summed E-state index contributed by atoms with van der Waals surface area (Å²) in [5, 5.41) is 1.64. The van der Waals surface area contributed by atoms with E-state index >= 15 is 0 Å². The van der Waals surface area contributed by atoms with Crippen LogP contribution in [0.15, 0.2) is 59.5 Å². The van der Waals surface area contributed by atoms with E-state index in [4.69, 9.17) is 21.1 Å². The maximum absolute atomic E-state index is 12.8. The summed E-state index contributed by atoms with van der Waals surface area (Å²) in [6, 6.07) is 15.2. The molecule has 0 unspecified atom stereocenters. The van der Waals surface area contributed by atoms with Crippen molar-refractivity contribution in [1.82, 2.24) is 0 Å². The molecule has 0 aliphatic carbocycles. The largest absolute Gasteiger partial charge is 0.454 e. The summed E-state index contributed by atoms with van der Waals surface area (Å²) in [6.07, 6.45) is 0. The number of fused-ring (bicyclic) bond motifs is 2. The third kappa shape index (κ3) is 2.53. The lowest BCUT2D eigenvalue weighted by Crippen LogP contribution is -2.13. The third-order valence-corrected chi connectivity index (χ3v) is 5.47. The van der Waals surface area contributed by atoms with Crippen molar-refractivity contribution in [3.8, 4) is 11.5 Å². The Hall–Kier alpha value is -2.44. The van der Waals surface area contributed by atoms with Crippen LogP contribution in [0.1, 0.15) is 0 Å². The number of ether oxygens (including phenoxy) is 2. The molecular weight excluding hydrogens is 350 g/mol. The minimum absolute atomic E-state index is 0.128. The molecule has 0 bridgehead atoms. The molecule has 3 aromatic carbocycles. The van der Waals surface area contributed by atoms with Crippen molar-refractivity contribution in [2.24, 2.45) is 0 Å². The number of anilines is 1. The molecule has 1 heterocycles. The molecule has 0 saturated heterocycles. The molecule has 7 heteroatoms. The van der Waals surface area contributed by atoms with Gasteiger partial charge in [-0.05, 0) is 29.7 Å². The molecule has 1 aliphatic rings. The number of halogens is 1. The van der Waals surface area contributed by atoms with Gasteiger partial charge in [-0.3, -0.25) is 4.72 Å². The number of hydrogen-bond donors (Lipinski definition) is 1. The van der Waals surface area contributed by atoms with E-state index < -0.39 is 10.0 Å². The van der Waals surface area contributed by atoms with Gasteiger partial charge in [-0.25, -0.2) is 8.42 Å². The van der Waals surface area contributed by atoms with E-state index in [1.54, 1.807) is 36.4 Å². The van der Waals surface area contributed by atoms with E-state index in [9.17, 15) is 8.42 Å². The Morgan fingerprint density at radius 2 is 1.71 bits per heavy atom. The van der Waals surface area contributed by atoms with Crippen molar-refractivity contribution >= 4 is 38.1 Å². The SMILES string of the molecule is O=S(=O)(Nc1ccc2c(c1)OCO2)c1cccc2cccc(Cl)c12. The summed E-state index contributed by atoms with van der Waals surface area (Å²) in [7, 11) is -3.81. The van der Waals surface area contributed by atoms with E-state index in [1.807, 2.05) is 12.1 Å². The quantitative estimate of drug-likeness (QED) is 0.765. The van der Waals surface area contributed by atoms with Crippen molar-refractivity contribution in [3.63, 3.8) is 0 Å². The smallest absolute Gasteiger partial charge is 0.262 e. The fourth-order valence-electron chi connectivity index (χ4n) is 2.66. The summed E-state index contributed by atoms with van der Waals surface area (Å²) in [6.45, 7) is 0.129. The average Bonchev–Trinajstić information content (AvgIpc) is 3.02. The summed E-state index contributed by atoms with van der Waals surface area (Å²) in [5.41, 5.74) is 0.392. The van der Waals surface area contributed by atoms with Gasteiger partial charge in [-0.15, -0.1) is 0 Å². The Morgan fingerprint density at radius 3 is 2.54 bits per heavy atom. The lowest BCUT2D eigenvalue weighted by molar-refractivity contribution is 0.174. The van der Waals surface area contributed by atoms with Crippen molar-refractivity contribution in [3.05, 3.63) is 59.6 Å². The second kappa shape index (κ2) is 5.58. The van der Waals surface area contributed by atoms with Crippen LogP contribution >= 0.6 is 11.6 Å². The van der Waals surface area contributed by atoms with Gasteiger partial charge in [0, 0.05) is 16.5 Å². The zero-order valence-electron chi connectivity index (χ0n) is 12.3. The molecular formula is C17H12ClNO4S. The Labute approximate surface area is 143 Å². The van der Waals surface area contributed by atoms with Crippen LogP contribution in [0.25, 0.3) is 10.8 Å². The van der Waals surface area contributed by atoms with Crippen molar-refractivity contribution in [2.75, 3.05) is 11.5 Å². The maximum Gasteiger partial charge on any atom is 0.262 e. The van der Waals surface area contributed by atoms with Gasteiger partial charge in [0.25, 0.3) is 10.0 Å². The summed E-state index contributed by atoms with van der Waals surface area (Å²) in [5.74, 6) is 1.09. The molecule has 0 spiro atoms. The Morgan fingerprint density at radius 1 is 0.958 bits per heavy atom. The molecule has 0 atom stereocenters. The summed E-state index contributed by atoms with van der Waals surface area (Å²) < 4.78 is 38.7. The number of benzene rings is 3. The van der Waals surface area contributed by atoms with Crippen LogP contribution < -0.4 is 14.2 Å². The monoisotopic (exact) mass is 361 g/mol. The molecule has 24 heavy (non-hydrogen) atoms. The van der Waals surface area contributed by atoms with E-state index in [0.717, 1.165) is 5.39 Å². The molecule has 0 saturated carbocycles. The molecule has 1 aliphatic heterocycles. The van der Waals surface area contributed by atoms with Gasteiger partial charge in [0.1, 0.15) is 0 Å². The van der Waals surface area contributed by atoms with E-state index in [0.29, 0.717) is 27.6 Å². The number of sulfonamides is 1. The lowest BCUT2D eigenvalue weighted by atomic mass is 10.1. The minimum atomic E-state index is -3.81. The third-order valence-electron chi connectivity index (χ3n) is 3.73. The molecule has 1 N–H and O–H groups in total. The van der Waals surface area contributed by atoms with E-state index in [1.165, 1.54) is 6.07 Å². The van der Waals surface area contributed by atoms with Crippen LogP contribution in [0.4, 0.5) is 5.69 Å². The lowest BCUT2D eigenvalue weighted by Gasteiger charge is -2.12. The summed E-state index contributed by atoms with van der Waals surface area (Å²) in [4.78, 5) is 0.128. The predicted molar refractivity (Wildman–Crippen MR) is 92.3 cm³/mol. The average molecular weight is 362 g/mol. The normalized spacial score (nSPS) is 13.2. The zero-order valence-corrected chi connectivity index (χ0v) is 13.9. The van der Waals surface area contributed by atoms with Crippen molar-refractivity contribution in [2.45, 2.75) is 4.90 Å². The number of hydrogen-bond acceptors (Lipinski definition) is 4. The van der Waals surface area contributed by atoms with Crippen molar-refractivity contribution in [1.29, 1.82) is 0 Å². The highest BCUT2D eigenvalue weighted by Crippen LogP contribution is 2.36. The topological polar surface area (TPSA) is 64.6 Å². The number of rotatable bonds is 3. The Bertz CT molecular complexity index is 1040. The van der Waals surface area contributed by atoms with Gasteiger partial charge in [0.05, 0.1) is 10.6 Å². The Balaban J connectivity index is 1.79. The van der Waals surface area contributed by atoms with Crippen LogP contribution in [-0.4, -0.2) is 15.2 Å². The van der Waals surface area contributed by atoms with E-state index in [2.05, 4.69) is 4.72 Å². The molecule has 0 amide bonds. The standard InChI is InChI=1S/C17H12ClNO4S/c18-13-5-1-3-11-4-2-6-16(17(11)13)24(20,21)19-12-7-8-14-15(9-12)23-10-22-14/h1-9,19H,10H2. The predicted octanol–water partition coefficient (Wildman–Crippen LogP) is 4.02. The first-order valence-electron chi connectivity index (χ1n) is 7.14. The second-order valence-electron chi connectivity index (χ2n) is 5.27. The fraction of sp³-hybridized carbons (Fsp3) is 0.0588. The van der Waals surface area contributed by atoms with Crippen LogP contribution in [0.5, 0.6) is 11.5 Å². The molecule has 0 fully saturated rings. The highest BCUT2D eigenvalue weighted by Gasteiger charge is 2.21. The molecule has 122 valence electrons. The fourth-order valence-corrected chi connectivity index (χ4v) is 4.30. The highest BCUT2D eigenvalue weighted by atomic mass is 35.5. The molecule has 0 radical (unpaired) electrons. The maximum atomic E-state index is 12.8. The zero-order chi connectivity index (χ0) is 16.7. The van der Waals surface area contributed by atoms with Crippen LogP contribution in [0.2, 0.25) is 5.02 Å². The van der Waals surface area contributed by atoms with Gasteiger partial charge >= 0.3 is 0 Å². The first-order chi connectivity index (χ1) is 11.5. The van der Waals surface area contributed by atoms with Gasteiger partial charge in [0.2, 0.25) is 6.79 Å². The second-order valence-corrected chi connectivity index (χ2v) is 7.33. The van der Waals surface area contributed by atoms with E-state index in [-0.39, 0.29) is 11.7 Å². The molecule has 4 rings (SSSR count). The summed E-state index contributed by atoms with van der Waals surface area (Å²) >= 11 is 6.22. The molecule has 3 aromatic rings. The van der Waals surface area contributed by atoms with Crippen LogP contribution in [0.3, 0.4) is 0 Å². The Kier molecular flexibility index (Phi) is 3.51. The number of nitrogens with one attached hydrogen (secondary N) is 1. The van der Waals surface area contributed by atoms with Crippen molar-refractivity contribution < 1.29 is 17.9 Å². The van der Waals surface area contributed by atoms with Gasteiger partial charge in [0.15, 0.2) is 11.5 Å². The van der Waals surface area contributed by atoms with Gasteiger partial charge < -0.3 is 9.47 Å². The first kappa shape index (κ1) is 15.1. The minimum Gasteiger partial charge on any atom is -0.454 e. The molecule has 0 aromatic heterocycles. The van der Waals surface area contributed by atoms with Gasteiger partial charge in [-0.2, -0.15) is 0 Å².